The molecule has 1 aliphatic carbocycles. The molecule has 1 aliphatic heterocycles. The van der Waals surface area contributed by atoms with Gasteiger partial charge in [0.05, 0.1) is 17.6 Å². The molecule has 1 amide bonds. The smallest absolute Gasteiger partial charge is 0.270 e. The summed E-state index contributed by atoms with van der Waals surface area (Å²) in [6, 6.07) is 15.1. The second-order valence-electron chi connectivity index (χ2n) is 7.64. The summed E-state index contributed by atoms with van der Waals surface area (Å²) in [5, 5.41) is 11.2. The van der Waals surface area contributed by atoms with E-state index in [-0.39, 0.29) is 22.7 Å². The quantitative estimate of drug-likeness (QED) is 0.797. The molecule has 0 saturated heterocycles. The van der Waals surface area contributed by atoms with Crippen LogP contribution in [-0.2, 0) is 4.79 Å². The molecular weight excluding hydrogens is 395 g/mol. The van der Waals surface area contributed by atoms with Crippen LogP contribution in [0.2, 0.25) is 0 Å². The van der Waals surface area contributed by atoms with E-state index in [2.05, 4.69) is 5.43 Å². The number of nitrogens with one attached hydrogen (secondary N) is 1. The van der Waals surface area contributed by atoms with E-state index in [0.29, 0.717) is 36.1 Å². The van der Waals surface area contributed by atoms with Crippen molar-refractivity contribution in [3.05, 3.63) is 93.7 Å². The number of ketones is 1. The van der Waals surface area contributed by atoms with Crippen molar-refractivity contribution in [1.82, 2.24) is 10.4 Å². The molecule has 2 aromatic rings. The molecule has 0 spiro atoms. The maximum Gasteiger partial charge on any atom is 0.270 e. The van der Waals surface area contributed by atoms with Crippen LogP contribution < -0.4 is 11.2 Å². The Morgan fingerprint density at radius 1 is 1.19 bits per heavy atom. The van der Waals surface area contributed by atoms with Crippen molar-refractivity contribution in [3.63, 3.8) is 0 Å². The third-order valence-corrected chi connectivity index (χ3v) is 5.66. The number of aryl methyl sites for hydroxylation is 1. The number of hydrogen-bond acceptors (Lipinski definition) is 5. The van der Waals surface area contributed by atoms with Gasteiger partial charge in [-0.3, -0.25) is 15.0 Å². The van der Waals surface area contributed by atoms with Gasteiger partial charge in [-0.15, -0.1) is 0 Å². The minimum Gasteiger partial charge on any atom is -0.383 e. The van der Waals surface area contributed by atoms with Gasteiger partial charge in [-0.1, -0.05) is 35.9 Å². The Morgan fingerprint density at radius 2 is 1.90 bits per heavy atom. The lowest BCUT2D eigenvalue weighted by Gasteiger charge is -2.39. The van der Waals surface area contributed by atoms with Crippen molar-refractivity contribution in [1.29, 1.82) is 5.26 Å². The summed E-state index contributed by atoms with van der Waals surface area (Å²) in [6.07, 6.45) is 1.34. The Hall–Kier alpha value is -3.92. The number of nitrogens with zero attached hydrogens (tertiary/aromatic N) is 2. The van der Waals surface area contributed by atoms with Crippen molar-refractivity contribution in [3.8, 4) is 6.07 Å². The summed E-state index contributed by atoms with van der Waals surface area (Å²) < 4.78 is 14.7. The summed E-state index contributed by atoms with van der Waals surface area (Å²) in [6.45, 7) is 1.92. The minimum absolute atomic E-state index is 0.00957. The number of amides is 1. The van der Waals surface area contributed by atoms with Crippen molar-refractivity contribution < 1.29 is 14.0 Å². The summed E-state index contributed by atoms with van der Waals surface area (Å²) in [5.74, 6) is -2.03. The Bertz CT molecular complexity index is 1170. The maximum absolute atomic E-state index is 14.7. The molecule has 2 aromatic carbocycles. The molecule has 0 radical (unpaired) electrons. The number of hydrogen-bond donors (Lipinski definition) is 2. The van der Waals surface area contributed by atoms with Crippen molar-refractivity contribution in [2.75, 3.05) is 0 Å². The Balaban J connectivity index is 1.82. The van der Waals surface area contributed by atoms with Gasteiger partial charge in [-0.05, 0) is 38.0 Å². The SMILES string of the molecule is Cc1ccc(C(=O)NN2C(N)=C(C#N)C(c3ccccc3F)C3=C2CCCC3=O)cc1. The first-order valence-electron chi connectivity index (χ1n) is 10.0. The third kappa shape index (κ3) is 3.57. The van der Waals surface area contributed by atoms with Crippen LogP contribution in [0.15, 0.2) is 71.2 Å². The van der Waals surface area contributed by atoms with Gasteiger partial charge in [0, 0.05) is 28.8 Å². The average molecular weight is 416 g/mol. The van der Waals surface area contributed by atoms with Crippen LogP contribution in [0.25, 0.3) is 0 Å². The molecule has 1 unspecified atom stereocenters. The van der Waals surface area contributed by atoms with E-state index in [1.807, 2.05) is 25.1 Å². The summed E-state index contributed by atoms with van der Waals surface area (Å²) in [5.41, 5.74) is 11.5. The molecule has 4 rings (SSSR count). The van der Waals surface area contributed by atoms with Crippen LogP contribution in [0.4, 0.5) is 4.39 Å². The number of Topliss-reactive ketones (excluding diaryl/α,β-unsaturated/α-hetero) is 1. The van der Waals surface area contributed by atoms with Crippen molar-refractivity contribution in [2.45, 2.75) is 32.1 Å². The highest BCUT2D eigenvalue weighted by atomic mass is 19.1. The van der Waals surface area contributed by atoms with E-state index in [1.54, 1.807) is 30.3 Å². The van der Waals surface area contributed by atoms with Gasteiger partial charge in [0.25, 0.3) is 5.91 Å². The van der Waals surface area contributed by atoms with Crippen LogP contribution in [0.1, 0.15) is 46.7 Å². The molecule has 0 saturated carbocycles. The number of rotatable bonds is 3. The summed E-state index contributed by atoms with van der Waals surface area (Å²) in [4.78, 5) is 25.8. The zero-order chi connectivity index (χ0) is 22.1. The van der Waals surface area contributed by atoms with Crippen LogP contribution in [0, 0.1) is 24.1 Å². The molecule has 1 heterocycles. The van der Waals surface area contributed by atoms with E-state index in [4.69, 9.17) is 5.73 Å². The molecule has 7 heteroatoms. The fourth-order valence-electron chi connectivity index (χ4n) is 4.11. The van der Waals surface area contributed by atoms with E-state index in [0.717, 1.165) is 5.56 Å². The highest BCUT2D eigenvalue weighted by molar-refractivity contribution is 6.00. The van der Waals surface area contributed by atoms with E-state index in [9.17, 15) is 19.2 Å². The fraction of sp³-hybridized carbons (Fsp3) is 0.208. The average Bonchev–Trinajstić information content (AvgIpc) is 2.76. The van der Waals surface area contributed by atoms with Crippen LogP contribution >= 0.6 is 0 Å². The minimum atomic E-state index is -0.901. The Morgan fingerprint density at radius 3 is 2.58 bits per heavy atom. The zero-order valence-corrected chi connectivity index (χ0v) is 17.0. The first-order valence-corrected chi connectivity index (χ1v) is 10.0. The molecule has 3 N–H and O–H groups in total. The second-order valence-corrected chi connectivity index (χ2v) is 7.64. The monoisotopic (exact) mass is 416 g/mol. The predicted octanol–water partition coefficient (Wildman–Crippen LogP) is 3.58. The Labute approximate surface area is 179 Å². The number of hydrazine groups is 1. The molecule has 156 valence electrons. The molecule has 0 fully saturated rings. The van der Waals surface area contributed by atoms with Crippen LogP contribution in [0.5, 0.6) is 0 Å². The zero-order valence-electron chi connectivity index (χ0n) is 17.0. The van der Waals surface area contributed by atoms with Gasteiger partial charge in [-0.25, -0.2) is 9.40 Å². The Kier molecular flexibility index (Phi) is 5.30. The second kappa shape index (κ2) is 8.07. The normalized spacial score (nSPS) is 18.5. The van der Waals surface area contributed by atoms with Crippen LogP contribution in [0.3, 0.4) is 0 Å². The standard InChI is InChI=1S/C24H21FN4O2/c1-14-9-11-15(12-10-14)24(31)28-29-19-7-4-8-20(30)22(19)21(17(13-26)23(29)27)16-5-2-3-6-18(16)25/h2-3,5-6,9-12,21H,4,7-8,27H2,1H3,(H,28,31). The summed E-state index contributed by atoms with van der Waals surface area (Å²) in [7, 11) is 0. The van der Waals surface area contributed by atoms with Crippen molar-refractivity contribution >= 4 is 11.7 Å². The number of nitriles is 1. The molecule has 0 bridgehead atoms. The lowest BCUT2D eigenvalue weighted by atomic mass is 9.76. The van der Waals surface area contributed by atoms with Gasteiger partial charge >= 0.3 is 0 Å². The molecule has 0 aromatic heterocycles. The first-order chi connectivity index (χ1) is 14.9. The lowest BCUT2D eigenvalue weighted by molar-refractivity contribution is -0.116. The molecule has 6 nitrogen and oxygen atoms in total. The van der Waals surface area contributed by atoms with E-state index >= 15 is 0 Å². The highest BCUT2D eigenvalue weighted by Crippen LogP contribution is 2.44. The number of carbonyl (C=O) groups excluding carboxylic acids is 2. The number of nitrogens with two attached hydrogens (primary N) is 1. The topological polar surface area (TPSA) is 99.2 Å². The first kappa shape index (κ1) is 20.4. The van der Waals surface area contributed by atoms with Gasteiger partial charge < -0.3 is 5.73 Å². The number of halogens is 1. The van der Waals surface area contributed by atoms with Gasteiger partial charge in [-0.2, -0.15) is 5.26 Å². The van der Waals surface area contributed by atoms with Gasteiger partial charge in [0.1, 0.15) is 11.6 Å². The molecule has 31 heavy (non-hydrogen) atoms. The third-order valence-electron chi connectivity index (χ3n) is 5.66. The molecule has 2 aliphatic rings. The largest absolute Gasteiger partial charge is 0.383 e. The molecule has 1 atom stereocenters. The summed E-state index contributed by atoms with van der Waals surface area (Å²) >= 11 is 0. The number of allylic oxidation sites excluding steroid dienone is 3. The van der Waals surface area contributed by atoms with Gasteiger partial charge in [0.2, 0.25) is 0 Å². The van der Waals surface area contributed by atoms with Crippen LogP contribution in [-0.4, -0.2) is 16.7 Å². The maximum atomic E-state index is 14.7. The van der Waals surface area contributed by atoms with Gasteiger partial charge in [0.15, 0.2) is 5.78 Å². The number of benzene rings is 2. The molecular formula is C24H21FN4O2. The fourth-order valence-corrected chi connectivity index (χ4v) is 4.11. The lowest BCUT2D eigenvalue weighted by Crippen LogP contribution is -2.48. The highest BCUT2D eigenvalue weighted by Gasteiger charge is 2.41. The number of carbonyl (C=O) groups is 2. The van der Waals surface area contributed by atoms with Crippen molar-refractivity contribution in [2.24, 2.45) is 5.73 Å². The van der Waals surface area contributed by atoms with E-state index < -0.39 is 17.6 Å². The predicted molar refractivity (Wildman–Crippen MR) is 112 cm³/mol. The van der Waals surface area contributed by atoms with E-state index in [1.165, 1.54) is 11.1 Å².